The van der Waals surface area contributed by atoms with Crippen molar-refractivity contribution in [3.05, 3.63) is 114 Å². The maximum Gasteiger partial charge on any atom is 0.322 e. The lowest BCUT2D eigenvalue weighted by molar-refractivity contribution is -0.170. The van der Waals surface area contributed by atoms with E-state index in [1.807, 2.05) is 60.7 Å². The van der Waals surface area contributed by atoms with Gasteiger partial charge in [0.15, 0.2) is 0 Å². The third kappa shape index (κ3) is 6.89. The fraction of sp³-hybridized carbons (Fsp3) is 0.282. The number of hydrogen-bond acceptors (Lipinski definition) is 8. The maximum atomic E-state index is 14.1. The Morgan fingerprint density at radius 3 is 2.44 bits per heavy atom. The highest BCUT2D eigenvalue weighted by atomic mass is 16.2. The number of pyridine rings is 2. The van der Waals surface area contributed by atoms with Gasteiger partial charge in [-0.05, 0) is 78.8 Å². The van der Waals surface area contributed by atoms with Gasteiger partial charge >= 0.3 is 6.03 Å². The molecule has 264 valence electrons. The van der Waals surface area contributed by atoms with Crippen molar-refractivity contribution in [1.29, 1.82) is 0 Å². The van der Waals surface area contributed by atoms with Crippen molar-refractivity contribution >= 4 is 52.0 Å². The third-order valence-electron chi connectivity index (χ3n) is 9.71. The van der Waals surface area contributed by atoms with Gasteiger partial charge in [-0.2, -0.15) is 10.1 Å². The lowest BCUT2D eigenvalue weighted by Gasteiger charge is -2.34. The molecule has 0 saturated heterocycles. The van der Waals surface area contributed by atoms with E-state index in [2.05, 4.69) is 15.3 Å². The predicted octanol–water partition coefficient (Wildman–Crippen LogP) is 5.15. The largest absolute Gasteiger partial charge is 0.322 e. The van der Waals surface area contributed by atoms with Crippen LogP contribution in [0.5, 0.6) is 0 Å². The van der Waals surface area contributed by atoms with E-state index < -0.39 is 29.7 Å². The Morgan fingerprint density at radius 2 is 1.69 bits per heavy atom. The van der Waals surface area contributed by atoms with E-state index >= 15 is 0 Å². The number of rotatable bonds is 10. The minimum Gasteiger partial charge on any atom is -0.316 e. The van der Waals surface area contributed by atoms with Crippen molar-refractivity contribution in [1.82, 2.24) is 29.9 Å². The number of hydrazine groups is 1. The number of aromatic nitrogens is 2. The second-order valence-electron chi connectivity index (χ2n) is 13.2. The third-order valence-corrected chi connectivity index (χ3v) is 9.71. The SMILES string of the molecule is CC(=O)N(C(C)CCCCN1N=C(c2ccc(NC(=O)N3Cc4ccncc4C3)cc2)CC(c2cccc3ncccc23)C1=O)N1C(=O)C=CC1=O. The van der Waals surface area contributed by atoms with Crippen LogP contribution in [0.3, 0.4) is 0 Å². The number of benzene rings is 2. The highest BCUT2D eigenvalue weighted by Crippen LogP contribution is 2.34. The smallest absolute Gasteiger partial charge is 0.316 e. The first-order chi connectivity index (χ1) is 25.2. The molecule has 52 heavy (non-hydrogen) atoms. The summed E-state index contributed by atoms with van der Waals surface area (Å²) in [5.41, 5.74) is 6.02. The zero-order valence-corrected chi connectivity index (χ0v) is 28.9. The molecule has 0 fully saturated rings. The van der Waals surface area contributed by atoms with Crippen molar-refractivity contribution in [2.45, 2.75) is 64.6 Å². The van der Waals surface area contributed by atoms with Crippen molar-refractivity contribution in [2.24, 2.45) is 5.10 Å². The topological polar surface area (TPSA) is 148 Å². The van der Waals surface area contributed by atoms with Crippen LogP contribution in [-0.2, 0) is 32.3 Å². The Labute approximate surface area is 300 Å². The van der Waals surface area contributed by atoms with E-state index in [4.69, 9.17) is 5.10 Å². The minimum atomic E-state index is -0.548. The summed E-state index contributed by atoms with van der Waals surface area (Å²) in [6, 6.07) is 18.4. The first-order valence-electron chi connectivity index (χ1n) is 17.3. The molecule has 1 N–H and O–H groups in total. The number of imide groups is 1. The molecule has 7 rings (SSSR count). The molecule has 13 nitrogen and oxygen atoms in total. The lowest BCUT2D eigenvalue weighted by atomic mass is 9.86. The molecule has 5 heterocycles. The highest BCUT2D eigenvalue weighted by molar-refractivity contribution is 6.13. The van der Waals surface area contributed by atoms with Crippen molar-refractivity contribution in [3.63, 3.8) is 0 Å². The molecule has 6 amide bonds. The van der Waals surface area contributed by atoms with E-state index in [1.165, 1.54) is 16.9 Å². The Morgan fingerprint density at radius 1 is 0.923 bits per heavy atom. The van der Waals surface area contributed by atoms with E-state index in [1.54, 1.807) is 30.4 Å². The summed E-state index contributed by atoms with van der Waals surface area (Å²) < 4.78 is 0. The number of anilines is 1. The van der Waals surface area contributed by atoms with Gasteiger partial charge in [0.2, 0.25) is 5.91 Å². The summed E-state index contributed by atoms with van der Waals surface area (Å²) in [6.07, 6.45) is 9.63. The number of urea groups is 1. The summed E-state index contributed by atoms with van der Waals surface area (Å²) >= 11 is 0. The fourth-order valence-corrected chi connectivity index (χ4v) is 7.09. The van der Waals surface area contributed by atoms with Crippen LogP contribution in [0.1, 0.15) is 67.7 Å². The van der Waals surface area contributed by atoms with Crippen LogP contribution >= 0.6 is 0 Å². The Kier molecular flexibility index (Phi) is 9.57. The van der Waals surface area contributed by atoms with Crippen molar-refractivity contribution in [2.75, 3.05) is 11.9 Å². The number of hydrogen-bond donors (Lipinski definition) is 1. The molecule has 0 saturated carbocycles. The van der Waals surface area contributed by atoms with Gasteiger partial charge in [-0.15, -0.1) is 0 Å². The maximum absolute atomic E-state index is 14.1. The molecule has 3 aliphatic rings. The minimum absolute atomic E-state index is 0.122. The van der Waals surface area contributed by atoms with Gasteiger partial charge in [0.05, 0.1) is 23.2 Å². The molecular formula is C39H38N8O5. The Hall–Kier alpha value is -6.24. The van der Waals surface area contributed by atoms with Crippen LogP contribution in [0.25, 0.3) is 10.9 Å². The van der Waals surface area contributed by atoms with Gasteiger partial charge in [-0.25, -0.2) is 14.8 Å². The number of carbonyl (C=O) groups excluding carboxylic acids is 5. The normalized spacial score (nSPS) is 17.4. The molecule has 0 radical (unpaired) electrons. The molecule has 2 unspecified atom stereocenters. The van der Waals surface area contributed by atoms with Gasteiger partial charge in [-0.1, -0.05) is 30.3 Å². The number of amides is 6. The average Bonchev–Trinajstić information content (AvgIpc) is 3.73. The molecule has 3 aliphatic heterocycles. The summed E-state index contributed by atoms with van der Waals surface area (Å²) in [7, 11) is 0. The summed E-state index contributed by atoms with van der Waals surface area (Å²) in [5.74, 6) is -2.13. The standard InChI is InChI=1S/C39H38N8O5/c1-25(46(26(2)48)47-36(49)15-16-37(47)50)7-3-4-20-45-38(51)33(31-8-5-10-34-32(31)9-6-18-41-34)21-35(43-45)27-11-13-30(14-12-27)42-39(52)44-23-28-17-19-40-22-29(28)24-44/h5-6,8-19,22,25,33H,3-4,7,20-21,23-24H2,1-2H3,(H,42,52). The van der Waals surface area contributed by atoms with Crippen LogP contribution < -0.4 is 5.32 Å². The molecule has 2 aromatic carbocycles. The summed E-state index contributed by atoms with van der Waals surface area (Å²) in [4.78, 5) is 74.6. The lowest BCUT2D eigenvalue weighted by Crippen LogP contribution is -2.53. The van der Waals surface area contributed by atoms with Gasteiger partial charge in [0.1, 0.15) is 0 Å². The van der Waals surface area contributed by atoms with E-state index in [9.17, 15) is 24.0 Å². The van der Waals surface area contributed by atoms with Gasteiger partial charge in [0.25, 0.3) is 17.7 Å². The molecule has 4 aromatic rings. The number of hydrazone groups is 1. The van der Waals surface area contributed by atoms with E-state index in [0.717, 1.165) is 56.0 Å². The second kappa shape index (κ2) is 14.5. The highest BCUT2D eigenvalue weighted by Gasteiger charge is 2.36. The number of nitrogens with zero attached hydrogens (tertiary/aromatic N) is 7. The molecule has 13 heteroatoms. The first-order valence-corrected chi connectivity index (χ1v) is 17.3. The number of unbranched alkanes of at least 4 members (excludes halogenated alkanes) is 1. The quantitative estimate of drug-likeness (QED) is 0.178. The Balaban J connectivity index is 1.07. The summed E-state index contributed by atoms with van der Waals surface area (Å²) in [6.45, 7) is 4.48. The molecule has 2 atom stereocenters. The van der Waals surface area contributed by atoms with Crippen LogP contribution in [-0.4, -0.2) is 77.9 Å². The molecule has 0 spiro atoms. The van der Waals surface area contributed by atoms with Gasteiger partial charge in [-0.3, -0.25) is 29.1 Å². The second-order valence-corrected chi connectivity index (χ2v) is 13.2. The van der Waals surface area contributed by atoms with Gasteiger partial charge < -0.3 is 10.2 Å². The summed E-state index contributed by atoms with van der Waals surface area (Å²) in [5, 5.41) is 12.3. The molecule has 2 aromatic heterocycles. The van der Waals surface area contributed by atoms with Crippen molar-refractivity contribution in [3.8, 4) is 0 Å². The number of carbonyl (C=O) groups is 5. The fourth-order valence-electron chi connectivity index (χ4n) is 7.09. The van der Waals surface area contributed by atoms with Crippen LogP contribution in [0, 0.1) is 0 Å². The first kappa shape index (κ1) is 34.2. The van der Waals surface area contributed by atoms with E-state index in [0.29, 0.717) is 51.0 Å². The monoisotopic (exact) mass is 698 g/mol. The molecule has 0 aliphatic carbocycles. The zero-order valence-electron chi connectivity index (χ0n) is 28.9. The predicted molar refractivity (Wildman–Crippen MR) is 193 cm³/mol. The zero-order chi connectivity index (χ0) is 36.4. The molecule has 0 bridgehead atoms. The van der Waals surface area contributed by atoms with Gasteiger partial charge in [0, 0.05) is 74.8 Å². The number of nitrogens with one attached hydrogen (secondary N) is 1. The molecular weight excluding hydrogens is 660 g/mol. The van der Waals surface area contributed by atoms with Crippen LogP contribution in [0.4, 0.5) is 10.5 Å². The van der Waals surface area contributed by atoms with E-state index in [-0.39, 0.29) is 11.9 Å². The average molecular weight is 699 g/mol. The van der Waals surface area contributed by atoms with Crippen LogP contribution in [0.15, 0.2) is 96.5 Å². The van der Waals surface area contributed by atoms with Crippen LogP contribution in [0.2, 0.25) is 0 Å². The number of fused-ring (bicyclic) bond motifs is 2. The Bertz CT molecular complexity index is 2080. The van der Waals surface area contributed by atoms with Crippen molar-refractivity contribution < 1.29 is 24.0 Å².